The summed E-state index contributed by atoms with van der Waals surface area (Å²) in [6.45, 7) is 0.394. The molecule has 0 fully saturated rings. The summed E-state index contributed by atoms with van der Waals surface area (Å²) in [7, 11) is 0. The topological polar surface area (TPSA) is 78.9 Å². The zero-order chi connectivity index (χ0) is 17.4. The number of fused-ring (bicyclic) bond motifs is 2. The third-order valence-corrected chi connectivity index (χ3v) is 4.29. The van der Waals surface area contributed by atoms with Gasteiger partial charge in [0.1, 0.15) is 5.69 Å². The van der Waals surface area contributed by atoms with Crippen molar-refractivity contribution in [2.75, 3.05) is 0 Å². The van der Waals surface area contributed by atoms with Crippen LogP contribution in [0.25, 0.3) is 21.8 Å². The van der Waals surface area contributed by atoms with Crippen LogP contribution in [0, 0.1) is 11.3 Å². The van der Waals surface area contributed by atoms with Crippen molar-refractivity contribution in [1.82, 2.24) is 9.55 Å². The molecule has 0 atom stereocenters. The van der Waals surface area contributed by atoms with E-state index < -0.39 is 5.97 Å². The molecule has 2 aromatic heterocycles. The molecule has 2 heterocycles. The van der Waals surface area contributed by atoms with Gasteiger partial charge in [-0.1, -0.05) is 24.3 Å². The van der Waals surface area contributed by atoms with E-state index in [0.717, 1.165) is 27.4 Å². The predicted molar refractivity (Wildman–Crippen MR) is 94.5 cm³/mol. The fraction of sp³-hybridized carbons (Fsp3) is 0.0500. The minimum absolute atomic E-state index is 0.193. The maximum Gasteiger partial charge on any atom is 0.352 e. The number of pyridine rings is 1. The number of benzene rings is 2. The lowest BCUT2D eigenvalue weighted by molar-refractivity contribution is 0.0686. The largest absolute Gasteiger partial charge is 0.477 e. The van der Waals surface area contributed by atoms with Crippen LogP contribution in [0.3, 0.4) is 0 Å². The van der Waals surface area contributed by atoms with Crippen LogP contribution in [0.15, 0.2) is 60.8 Å². The zero-order valence-electron chi connectivity index (χ0n) is 13.2. The molecule has 0 spiro atoms. The second-order valence-corrected chi connectivity index (χ2v) is 5.80. The van der Waals surface area contributed by atoms with Crippen LogP contribution in [0.5, 0.6) is 0 Å². The minimum atomic E-state index is -0.997. The molecule has 0 aliphatic carbocycles. The summed E-state index contributed by atoms with van der Waals surface area (Å²) in [6.07, 6.45) is 1.73. The van der Waals surface area contributed by atoms with Crippen LogP contribution in [0.2, 0.25) is 0 Å². The summed E-state index contributed by atoms with van der Waals surface area (Å²) >= 11 is 0. The number of para-hydroxylation sites is 1. The molecule has 4 rings (SSSR count). The molecule has 0 saturated carbocycles. The standard InChI is InChI=1S/C20H13N3O2/c21-11-13-6-7-17-16(9-13)10-18(20(24)25)23(17)12-15-4-1-3-14-5-2-8-22-19(14)15/h1-10H,12H2,(H,24,25). The first-order chi connectivity index (χ1) is 12.2. The number of nitrogens with zero attached hydrogens (tertiary/aromatic N) is 3. The van der Waals surface area contributed by atoms with Crippen molar-refractivity contribution in [3.05, 3.63) is 77.6 Å². The van der Waals surface area contributed by atoms with Crippen LogP contribution in [-0.2, 0) is 6.54 Å². The number of hydrogen-bond acceptors (Lipinski definition) is 3. The van der Waals surface area contributed by atoms with Crippen LogP contribution in [-0.4, -0.2) is 20.6 Å². The molecule has 2 aromatic carbocycles. The lowest BCUT2D eigenvalue weighted by Gasteiger charge is -2.10. The second kappa shape index (κ2) is 5.77. The van der Waals surface area contributed by atoms with Gasteiger partial charge >= 0.3 is 5.97 Å². The summed E-state index contributed by atoms with van der Waals surface area (Å²) in [5, 5.41) is 20.4. The summed E-state index contributed by atoms with van der Waals surface area (Å²) in [4.78, 5) is 16.1. The fourth-order valence-electron chi connectivity index (χ4n) is 3.15. The Morgan fingerprint density at radius 2 is 1.96 bits per heavy atom. The van der Waals surface area contributed by atoms with E-state index in [9.17, 15) is 9.90 Å². The number of carbonyl (C=O) groups is 1. The first kappa shape index (κ1) is 14.9. The molecule has 1 N–H and O–H groups in total. The monoisotopic (exact) mass is 327 g/mol. The second-order valence-electron chi connectivity index (χ2n) is 5.80. The Bertz CT molecular complexity index is 1160. The molecule has 5 nitrogen and oxygen atoms in total. The van der Waals surface area contributed by atoms with Crippen molar-refractivity contribution in [3.63, 3.8) is 0 Å². The van der Waals surface area contributed by atoms with E-state index in [4.69, 9.17) is 5.26 Å². The Morgan fingerprint density at radius 3 is 2.76 bits per heavy atom. The smallest absolute Gasteiger partial charge is 0.352 e. The number of carboxylic acid groups (broad SMARTS) is 1. The normalized spacial score (nSPS) is 10.8. The molecular weight excluding hydrogens is 314 g/mol. The van der Waals surface area contributed by atoms with E-state index in [1.807, 2.05) is 30.3 Å². The van der Waals surface area contributed by atoms with Gasteiger partial charge in [0.05, 0.1) is 23.7 Å². The first-order valence-electron chi connectivity index (χ1n) is 7.76. The van der Waals surface area contributed by atoms with Gasteiger partial charge in [0, 0.05) is 22.5 Å². The molecule has 0 unspecified atom stereocenters. The van der Waals surface area contributed by atoms with Gasteiger partial charge in [-0.2, -0.15) is 5.26 Å². The summed E-state index contributed by atoms with van der Waals surface area (Å²) in [5.41, 5.74) is 3.29. The molecule has 0 aliphatic rings. The van der Waals surface area contributed by atoms with Crippen LogP contribution >= 0.6 is 0 Å². The van der Waals surface area contributed by atoms with Crippen molar-refractivity contribution in [2.24, 2.45) is 0 Å². The summed E-state index contributed by atoms with van der Waals surface area (Å²) < 4.78 is 1.75. The molecule has 120 valence electrons. The molecule has 0 bridgehead atoms. The fourth-order valence-corrected chi connectivity index (χ4v) is 3.15. The third kappa shape index (κ3) is 2.50. The highest BCUT2D eigenvalue weighted by atomic mass is 16.4. The lowest BCUT2D eigenvalue weighted by atomic mass is 10.1. The third-order valence-electron chi connectivity index (χ3n) is 4.29. The maximum atomic E-state index is 11.7. The minimum Gasteiger partial charge on any atom is -0.477 e. The first-order valence-corrected chi connectivity index (χ1v) is 7.76. The molecular formula is C20H13N3O2. The Kier molecular flexibility index (Phi) is 3.44. The van der Waals surface area contributed by atoms with Gasteiger partial charge in [0.2, 0.25) is 0 Å². The van der Waals surface area contributed by atoms with Crippen molar-refractivity contribution < 1.29 is 9.90 Å². The Labute approximate surface area is 143 Å². The Balaban J connectivity index is 1.92. The Morgan fingerprint density at radius 1 is 1.12 bits per heavy atom. The molecule has 0 radical (unpaired) electrons. The molecule has 0 saturated heterocycles. The number of nitriles is 1. The van der Waals surface area contributed by atoms with Crippen LogP contribution in [0.4, 0.5) is 0 Å². The van der Waals surface area contributed by atoms with Gasteiger partial charge in [-0.25, -0.2) is 4.79 Å². The van der Waals surface area contributed by atoms with Crippen molar-refractivity contribution >= 4 is 27.8 Å². The van der Waals surface area contributed by atoms with Gasteiger partial charge in [-0.05, 0) is 35.9 Å². The summed E-state index contributed by atoms with van der Waals surface area (Å²) in [5.74, 6) is -0.997. The number of hydrogen-bond donors (Lipinski definition) is 1. The van der Waals surface area contributed by atoms with E-state index in [1.54, 1.807) is 35.0 Å². The average Bonchev–Trinajstić information content (AvgIpc) is 3.00. The van der Waals surface area contributed by atoms with Crippen LogP contribution in [0.1, 0.15) is 21.6 Å². The van der Waals surface area contributed by atoms with Crippen molar-refractivity contribution in [2.45, 2.75) is 6.54 Å². The highest BCUT2D eigenvalue weighted by Crippen LogP contribution is 2.25. The van der Waals surface area contributed by atoms with Crippen LogP contribution < -0.4 is 0 Å². The van der Waals surface area contributed by atoms with Crippen molar-refractivity contribution in [3.8, 4) is 6.07 Å². The molecule has 5 heteroatoms. The number of rotatable bonds is 3. The van der Waals surface area contributed by atoms with Gasteiger partial charge in [0.15, 0.2) is 0 Å². The van der Waals surface area contributed by atoms with E-state index >= 15 is 0 Å². The highest BCUT2D eigenvalue weighted by molar-refractivity contribution is 5.95. The number of aromatic nitrogens is 2. The van der Waals surface area contributed by atoms with E-state index in [1.165, 1.54) is 0 Å². The molecule has 25 heavy (non-hydrogen) atoms. The quantitative estimate of drug-likeness (QED) is 0.620. The molecule has 4 aromatic rings. The predicted octanol–water partition coefficient (Wildman–Crippen LogP) is 3.81. The van der Waals surface area contributed by atoms with Crippen molar-refractivity contribution in [1.29, 1.82) is 5.26 Å². The van der Waals surface area contributed by atoms with Gasteiger partial charge in [0.25, 0.3) is 0 Å². The van der Waals surface area contributed by atoms with Gasteiger partial charge < -0.3 is 9.67 Å². The zero-order valence-corrected chi connectivity index (χ0v) is 13.2. The highest BCUT2D eigenvalue weighted by Gasteiger charge is 2.16. The van der Waals surface area contributed by atoms with Gasteiger partial charge in [-0.15, -0.1) is 0 Å². The van der Waals surface area contributed by atoms with E-state index in [0.29, 0.717) is 12.1 Å². The average molecular weight is 327 g/mol. The molecule has 0 aliphatic heterocycles. The van der Waals surface area contributed by atoms with Gasteiger partial charge in [-0.3, -0.25) is 4.98 Å². The number of aromatic carboxylic acids is 1. The summed E-state index contributed by atoms with van der Waals surface area (Å²) in [6, 6.07) is 18.6. The van der Waals surface area contributed by atoms with E-state index in [-0.39, 0.29) is 5.69 Å². The number of carboxylic acids is 1. The molecule has 0 amide bonds. The Hall–Kier alpha value is -3.65. The van der Waals surface area contributed by atoms with E-state index in [2.05, 4.69) is 11.1 Å². The lowest BCUT2D eigenvalue weighted by Crippen LogP contribution is -2.09. The maximum absolute atomic E-state index is 11.7. The SMILES string of the molecule is N#Cc1ccc2c(c1)cc(C(=O)O)n2Cc1cccc2cccnc12.